The topological polar surface area (TPSA) is 61.9 Å². The molecule has 34 heavy (non-hydrogen) atoms. The number of rotatable bonds is 7. The van der Waals surface area contributed by atoms with Gasteiger partial charge in [-0.3, -0.25) is 14.5 Å². The van der Waals surface area contributed by atoms with Crippen LogP contribution in [0.25, 0.3) is 0 Å². The van der Waals surface area contributed by atoms with Gasteiger partial charge in [-0.25, -0.2) is 4.39 Å². The molecule has 2 amide bonds. The van der Waals surface area contributed by atoms with Gasteiger partial charge in [0.25, 0.3) is 5.91 Å². The maximum absolute atomic E-state index is 13.5. The van der Waals surface area contributed by atoms with Crippen LogP contribution >= 0.6 is 23.8 Å². The second-order valence-electron chi connectivity index (χ2n) is 7.66. The summed E-state index contributed by atoms with van der Waals surface area (Å²) in [5, 5.41) is 3.39. The van der Waals surface area contributed by atoms with Crippen LogP contribution in [0, 0.1) is 5.82 Å². The molecule has 0 radical (unpaired) electrons. The Morgan fingerprint density at radius 2 is 1.76 bits per heavy atom. The number of halogens is 2. The van der Waals surface area contributed by atoms with Gasteiger partial charge in [-0.1, -0.05) is 35.9 Å². The first-order valence-electron chi connectivity index (χ1n) is 10.4. The van der Waals surface area contributed by atoms with Crippen LogP contribution in [0.5, 0.6) is 5.75 Å². The number of para-hydroxylation sites is 1. The number of hydrogen-bond acceptors (Lipinski definition) is 4. The van der Waals surface area contributed by atoms with Crippen molar-refractivity contribution in [3.05, 3.63) is 89.2 Å². The number of nitrogens with zero attached hydrogens (tertiary/aromatic N) is 2. The molecule has 174 valence electrons. The Morgan fingerprint density at radius 3 is 2.41 bits per heavy atom. The van der Waals surface area contributed by atoms with E-state index in [1.807, 2.05) is 24.3 Å². The first-order valence-corrected chi connectivity index (χ1v) is 11.2. The van der Waals surface area contributed by atoms with Crippen LogP contribution in [0.1, 0.15) is 12.0 Å². The highest BCUT2D eigenvalue weighted by atomic mass is 35.5. The van der Waals surface area contributed by atoms with Crippen molar-refractivity contribution in [2.75, 3.05) is 17.3 Å². The van der Waals surface area contributed by atoms with E-state index in [2.05, 4.69) is 5.32 Å². The molecule has 1 heterocycles. The maximum atomic E-state index is 13.5. The van der Waals surface area contributed by atoms with E-state index < -0.39 is 11.9 Å². The molecule has 1 N–H and O–H groups in total. The van der Waals surface area contributed by atoms with Crippen LogP contribution in [0.2, 0.25) is 5.02 Å². The fraction of sp³-hybridized carbons (Fsp3) is 0.160. The zero-order valence-electron chi connectivity index (χ0n) is 18.2. The van der Waals surface area contributed by atoms with Crippen LogP contribution in [-0.2, 0) is 16.1 Å². The molecule has 6 nitrogen and oxygen atoms in total. The van der Waals surface area contributed by atoms with Gasteiger partial charge in [-0.05, 0) is 66.3 Å². The number of hydrogen-bond donors (Lipinski definition) is 1. The van der Waals surface area contributed by atoms with Gasteiger partial charge in [0.1, 0.15) is 17.6 Å². The highest BCUT2D eigenvalue weighted by Crippen LogP contribution is 2.30. The molecule has 9 heteroatoms. The molecule has 1 fully saturated rings. The van der Waals surface area contributed by atoms with Gasteiger partial charge in [0, 0.05) is 6.54 Å². The summed E-state index contributed by atoms with van der Waals surface area (Å²) in [6, 6.07) is 18.9. The summed E-state index contributed by atoms with van der Waals surface area (Å²) in [5.74, 6) is -0.464. The zero-order valence-corrected chi connectivity index (χ0v) is 19.8. The Labute approximate surface area is 206 Å². The van der Waals surface area contributed by atoms with Crippen molar-refractivity contribution in [3.8, 4) is 5.75 Å². The summed E-state index contributed by atoms with van der Waals surface area (Å²) in [7, 11) is 1.58. The predicted molar refractivity (Wildman–Crippen MR) is 134 cm³/mol. The van der Waals surface area contributed by atoms with Gasteiger partial charge in [0.15, 0.2) is 5.11 Å². The molecule has 1 saturated heterocycles. The van der Waals surface area contributed by atoms with Gasteiger partial charge in [-0.2, -0.15) is 0 Å². The molecule has 1 atom stereocenters. The zero-order chi connectivity index (χ0) is 24.2. The molecule has 3 aromatic rings. The lowest BCUT2D eigenvalue weighted by Gasteiger charge is -2.24. The summed E-state index contributed by atoms with van der Waals surface area (Å²) in [6.07, 6.45) is -0.141. The molecule has 0 spiro atoms. The van der Waals surface area contributed by atoms with E-state index in [0.717, 1.165) is 5.56 Å². The van der Waals surface area contributed by atoms with Gasteiger partial charge in [0.05, 0.1) is 29.9 Å². The molecule has 3 aromatic carbocycles. The number of carbonyl (C=O) groups is 2. The number of thiocarbonyl (C=S) groups is 1. The summed E-state index contributed by atoms with van der Waals surface area (Å²) >= 11 is 11.8. The summed E-state index contributed by atoms with van der Waals surface area (Å²) in [4.78, 5) is 29.3. The van der Waals surface area contributed by atoms with Crippen molar-refractivity contribution >= 4 is 52.1 Å². The van der Waals surface area contributed by atoms with Crippen molar-refractivity contribution in [2.45, 2.75) is 19.0 Å². The SMILES string of the molecule is COc1ccc(CN2C(=S)N(c3ccc(F)cc3)C(=O)[C@@H]2CC(=O)Nc2ccccc2Cl)cc1. The average Bonchev–Trinajstić information content (AvgIpc) is 3.05. The van der Waals surface area contributed by atoms with Crippen LogP contribution in [0.4, 0.5) is 15.8 Å². The lowest BCUT2D eigenvalue weighted by molar-refractivity contribution is -0.124. The van der Waals surface area contributed by atoms with E-state index in [-0.39, 0.29) is 23.3 Å². The molecule has 1 aliphatic heterocycles. The Bertz CT molecular complexity index is 1220. The largest absolute Gasteiger partial charge is 0.497 e. The molecular weight excluding hydrogens is 477 g/mol. The van der Waals surface area contributed by atoms with E-state index in [9.17, 15) is 14.0 Å². The monoisotopic (exact) mass is 497 g/mol. The van der Waals surface area contributed by atoms with Crippen LogP contribution in [0.3, 0.4) is 0 Å². The number of anilines is 2. The van der Waals surface area contributed by atoms with E-state index >= 15 is 0 Å². The minimum atomic E-state index is -0.845. The van der Waals surface area contributed by atoms with Crippen molar-refractivity contribution in [1.29, 1.82) is 0 Å². The Morgan fingerprint density at radius 1 is 1.09 bits per heavy atom. The normalized spacial score (nSPS) is 15.6. The lowest BCUT2D eigenvalue weighted by Crippen LogP contribution is -2.37. The predicted octanol–water partition coefficient (Wildman–Crippen LogP) is 5.02. The lowest BCUT2D eigenvalue weighted by atomic mass is 10.1. The van der Waals surface area contributed by atoms with Crippen LogP contribution in [0.15, 0.2) is 72.8 Å². The molecule has 0 aliphatic carbocycles. The molecule has 0 unspecified atom stereocenters. The minimum Gasteiger partial charge on any atom is -0.497 e. The van der Waals surface area contributed by atoms with E-state index in [0.29, 0.717) is 28.7 Å². The first-order chi connectivity index (χ1) is 16.4. The number of nitrogens with one attached hydrogen (secondary N) is 1. The third kappa shape index (κ3) is 5.03. The summed E-state index contributed by atoms with van der Waals surface area (Å²) in [6.45, 7) is 0.302. The highest BCUT2D eigenvalue weighted by Gasteiger charge is 2.44. The number of carbonyl (C=O) groups excluding carboxylic acids is 2. The van der Waals surface area contributed by atoms with Gasteiger partial charge >= 0.3 is 0 Å². The third-order valence-electron chi connectivity index (χ3n) is 5.44. The van der Waals surface area contributed by atoms with Crippen molar-refractivity contribution < 1.29 is 18.7 Å². The number of ether oxygens (including phenoxy) is 1. The van der Waals surface area contributed by atoms with E-state index in [4.69, 9.17) is 28.6 Å². The fourth-order valence-corrected chi connectivity index (χ4v) is 4.28. The number of amides is 2. The minimum absolute atomic E-state index is 0.141. The van der Waals surface area contributed by atoms with E-state index in [1.165, 1.54) is 29.2 Å². The van der Waals surface area contributed by atoms with Crippen LogP contribution < -0.4 is 15.0 Å². The van der Waals surface area contributed by atoms with E-state index in [1.54, 1.807) is 36.3 Å². The molecular formula is C25H21ClFN3O3S. The standard InChI is InChI=1S/C25H21ClFN3O3S/c1-33-19-12-6-16(7-13-19)15-29-22(14-23(31)28-21-5-3-2-4-20(21)26)24(32)30(25(29)34)18-10-8-17(27)9-11-18/h2-13,22H,14-15H2,1H3,(H,28,31)/t22-/m0/s1. The van der Waals surface area contributed by atoms with Gasteiger partial charge in [-0.15, -0.1) is 0 Å². The third-order valence-corrected chi connectivity index (χ3v) is 6.19. The number of benzene rings is 3. The van der Waals surface area contributed by atoms with Crippen molar-refractivity contribution in [3.63, 3.8) is 0 Å². The summed E-state index contributed by atoms with van der Waals surface area (Å²) < 4.78 is 18.7. The quantitative estimate of drug-likeness (QED) is 0.464. The first kappa shape index (κ1) is 23.7. The second-order valence-corrected chi connectivity index (χ2v) is 8.43. The van der Waals surface area contributed by atoms with Crippen LogP contribution in [-0.4, -0.2) is 35.0 Å². The highest BCUT2D eigenvalue weighted by molar-refractivity contribution is 7.80. The van der Waals surface area contributed by atoms with Gasteiger partial charge in [0.2, 0.25) is 5.91 Å². The van der Waals surface area contributed by atoms with Gasteiger partial charge < -0.3 is 15.0 Å². The smallest absolute Gasteiger partial charge is 0.256 e. The fourth-order valence-electron chi connectivity index (χ4n) is 3.71. The maximum Gasteiger partial charge on any atom is 0.256 e. The summed E-state index contributed by atoms with van der Waals surface area (Å²) in [5.41, 5.74) is 1.78. The average molecular weight is 498 g/mol. The molecule has 0 saturated carbocycles. The molecule has 1 aliphatic rings. The second kappa shape index (κ2) is 10.2. The Balaban J connectivity index is 1.61. The molecule has 0 bridgehead atoms. The van der Waals surface area contributed by atoms with Crippen molar-refractivity contribution in [1.82, 2.24) is 4.90 Å². The van der Waals surface area contributed by atoms with Crippen molar-refractivity contribution in [2.24, 2.45) is 0 Å². The molecule has 0 aromatic heterocycles. The Kier molecular flexibility index (Phi) is 7.09. The number of methoxy groups -OCH3 is 1. The Hall–Kier alpha value is -3.49. The molecule has 4 rings (SSSR count).